The number of fused-ring (bicyclic) bond motifs is 1. The lowest BCUT2D eigenvalue weighted by molar-refractivity contribution is -0.141. The van der Waals surface area contributed by atoms with Crippen LogP contribution in [0.2, 0.25) is 0 Å². The molecule has 0 aliphatic carbocycles. The zero-order valence-corrected chi connectivity index (χ0v) is 21.9. The van der Waals surface area contributed by atoms with Crippen LogP contribution in [-0.4, -0.2) is 41.2 Å². The first-order chi connectivity index (χ1) is 18.0. The second-order valence-electron chi connectivity index (χ2n) is 9.43. The van der Waals surface area contributed by atoms with Gasteiger partial charge in [0.1, 0.15) is 6.61 Å². The number of esters is 1. The molecule has 1 amide bonds. The second-order valence-corrected chi connectivity index (χ2v) is 10.3. The molecule has 0 spiro atoms. The zero-order chi connectivity index (χ0) is 25.8. The van der Waals surface area contributed by atoms with Crippen LogP contribution in [0.15, 0.2) is 82.0 Å². The van der Waals surface area contributed by atoms with Gasteiger partial charge < -0.3 is 19.7 Å². The zero-order valence-electron chi connectivity index (χ0n) is 21.1. The van der Waals surface area contributed by atoms with Crippen molar-refractivity contribution in [3.8, 4) is 0 Å². The highest BCUT2D eigenvalue weighted by Gasteiger charge is 2.41. The minimum Gasteiger partial charge on any atom is -0.457 e. The maximum Gasteiger partial charge on any atom is 0.338 e. The average molecular weight is 518 g/mol. The fourth-order valence-electron chi connectivity index (χ4n) is 4.88. The number of carbonyl (C=O) groups is 2. The third-order valence-electron chi connectivity index (χ3n) is 6.81. The van der Waals surface area contributed by atoms with Gasteiger partial charge >= 0.3 is 5.97 Å². The van der Waals surface area contributed by atoms with Crippen LogP contribution in [-0.2, 0) is 25.7 Å². The monoisotopic (exact) mass is 517 g/mol. The largest absolute Gasteiger partial charge is 0.457 e. The fraction of sp³-hybridized carbons (Fsp3) is 0.345. The molecule has 37 heavy (non-hydrogen) atoms. The summed E-state index contributed by atoms with van der Waals surface area (Å²) in [5.74, 6) is -0.483. The molecule has 1 saturated heterocycles. The number of hydrogen-bond donors (Lipinski definition) is 1. The molecule has 0 saturated carbocycles. The Morgan fingerprint density at radius 2 is 1.92 bits per heavy atom. The summed E-state index contributed by atoms with van der Waals surface area (Å²) >= 11 is 1.47. The minimum absolute atomic E-state index is 0.0772. The number of aliphatic imine (C=N–C) groups is 1. The summed E-state index contributed by atoms with van der Waals surface area (Å²) in [6.45, 7) is 5.32. The minimum atomic E-state index is -0.441. The number of nitrogens with zero attached hydrogens (tertiary/aromatic N) is 2. The van der Waals surface area contributed by atoms with Crippen molar-refractivity contribution in [2.24, 2.45) is 4.99 Å². The fourth-order valence-corrected chi connectivity index (χ4v) is 5.84. The molecule has 3 aliphatic rings. The Morgan fingerprint density at radius 1 is 1.14 bits per heavy atom. The van der Waals surface area contributed by atoms with E-state index in [0.29, 0.717) is 17.8 Å². The van der Waals surface area contributed by atoms with Crippen LogP contribution in [0.3, 0.4) is 0 Å². The number of amidine groups is 1. The molecule has 5 rings (SSSR count). The summed E-state index contributed by atoms with van der Waals surface area (Å²) in [6.07, 6.45) is 2.27. The summed E-state index contributed by atoms with van der Waals surface area (Å²) in [4.78, 5) is 33.2. The molecule has 2 aromatic rings. The van der Waals surface area contributed by atoms with Crippen molar-refractivity contribution >= 4 is 28.8 Å². The lowest BCUT2D eigenvalue weighted by Crippen LogP contribution is -2.39. The van der Waals surface area contributed by atoms with E-state index in [2.05, 4.69) is 5.32 Å². The molecule has 7 nitrogen and oxygen atoms in total. The number of carbonyl (C=O) groups excluding carboxylic acids is 2. The number of ether oxygens (including phenoxy) is 2. The third kappa shape index (κ3) is 5.65. The van der Waals surface area contributed by atoms with Crippen LogP contribution in [0.5, 0.6) is 0 Å². The molecular formula is C29H31N3O4S. The Morgan fingerprint density at radius 3 is 2.68 bits per heavy atom. The number of rotatable bonds is 8. The predicted octanol–water partition coefficient (Wildman–Crippen LogP) is 5.00. The first-order valence-electron chi connectivity index (χ1n) is 12.6. The van der Waals surface area contributed by atoms with Crippen LogP contribution in [0.1, 0.15) is 48.9 Å². The summed E-state index contributed by atoms with van der Waals surface area (Å²) in [5, 5.41) is 5.73. The van der Waals surface area contributed by atoms with Crippen molar-refractivity contribution in [1.29, 1.82) is 0 Å². The Hall–Kier alpha value is -3.36. The van der Waals surface area contributed by atoms with Crippen LogP contribution in [0.25, 0.3) is 0 Å². The van der Waals surface area contributed by atoms with E-state index in [1.54, 1.807) is 0 Å². The highest BCUT2D eigenvalue weighted by molar-refractivity contribution is 8.16. The number of hydrogen-bond acceptors (Lipinski definition) is 7. The smallest absolute Gasteiger partial charge is 0.338 e. The van der Waals surface area contributed by atoms with E-state index in [0.717, 1.165) is 47.0 Å². The van der Waals surface area contributed by atoms with Crippen molar-refractivity contribution in [3.63, 3.8) is 0 Å². The molecule has 8 heteroatoms. The van der Waals surface area contributed by atoms with E-state index >= 15 is 0 Å². The van der Waals surface area contributed by atoms with Gasteiger partial charge in [0.05, 0.1) is 29.8 Å². The maximum atomic E-state index is 13.5. The number of thioether (sulfide) groups is 1. The van der Waals surface area contributed by atoms with Crippen molar-refractivity contribution in [2.45, 2.75) is 51.9 Å². The highest BCUT2D eigenvalue weighted by atomic mass is 32.2. The van der Waals surface area contributed by atoms with Gasteiger partial charge in [-0.25, -0.2) is 9.79 Å². The lowest BCUT2D eigenvalue weighted by Gasteiger charge is -2.37. The Kier molecular flexibility index (Phi) is 7.76. The summed E-state index contributed by atoms with van der Waals surface area (Å²) < 4.78 is 11.4. The van der Waals surface area contributed by atoms with Gasteiger partial charge in [-0.05, 0) is 48.8 Å². The molecule has 0 unspecified atom stereocenters. The molecule has 1 fully saturated rings. The Balaban J connectivity index is 1.40. The molecule has 1 N–H and O–H groups in total. The molecule has 3 heterocycles. The topological polar surface area (TPSA) is 80.2 Å². The van der Waals surface area contributed by atoms with Gasteiger partial charge in [-0.1, -0.05) is 66.4 Å². The molecule has 3 aliphatic heterocycles. The van der Waals surface area contributed by atoms with Gasteiger partial charge in [-0.15, -0.1) is 0 Å². The maximum absolute atomic E-state index is 13.5. The van der Waals surface area contributed by atoms with Crippen molar-refractivity contribution in [2.75, 3.05) is 13.2 Å². The van der Waals surface area contributed by atoms with E-state index in [9.17, 15) is 9.59 Å². The van der Waals surface area contributed by atoms with Gasteiger partial charge in [0.2, 0.25) is 5.91 Å². The highest BCUT2D eigenvalue weighted by Crippen LogP contribution is 2.45. The Bertz CT molecular complexity index is 1260. The van der Waals surface area contributed by atoms with Crippen LogP contribution in [0, 0.1) is 6.92 Å². The van der Waals surface area contributed by atoms with Gasteiger partial charge in [-0.3, -0.25) is 4.79 Å². The average Bonchev–Trinajstić information content (AvgIpc) is 3.56. The van der Waals surface area contributed by atoms with Gasteiger partial charge in [0.25, 0.3) is 0 Å². The standard InChI is InChI=1S/C29H31N3O4S/c1-19-9-6-7-13-24(19)27-26(28(34)36-17-21-10-4-3-5-11-21)20(2)31-29-32(27)22(18-37-29)15-25(33)30-16-23-12-8-14-35-23/h3-7,9-11,13,18,23,27H,8,12,14-17H2,1-2H3,(H,30,33)/t23-,27+/m1/s1. The third-order valence-corrected chi connectivity index (χ3v) is 7.70. The van der Waals surface area contributed by atoms with E-state index in [-0.39, 0.29) is 25.0 Å². The van der Waals surface area contributed by atoms with E-state index in [4.69, 9.17) is 14.5 Å². The van der Waals surface area contributed by atoms with Crippen molar-refractivity contribution < 1.29 is 19.1 Å². The van der Waals surface area contributed by atoms with Gasteiger partial charge in [0, 0.05) is 18.8 Å². The molecule has 0 radical (unpaired) electrons. The molecule has 2 aromatic carbocycles. The van der Waals surface area contributed by atoms with Crippen LogP contribution in [0.4, 0.5) is 0 Å². The van der Waals surface area contributed by atoms with Crippen LogP contribution >= 0.6 is 11.8 Å². The molecule has 0 bridgehead atoms. The lowest BCUT2D eigenvalue weighted by atomic mass is 9.91. The van der Waals surface area contributed by atoms with Gasteiger partial charge in [-0.2, -0.15) is 0 Å². The van der Waals surface area contributed by atoms with Crippen molar-refractivity contribution in [1.82, 2.24) is 10.2 Å². The number of aryl methyl sites for hydroxylation is 1. The number of benzene rings is 2. The second kappa shape index (κ2) is 11.4. The number of nitrogens with one attached hydrogen (secondary N) is 1. The molecule has 192 valence electrons. The summed E-state index contributed by atoms with van der Waals surface area (Å²) in [5.41, 5.74) is 4.87. The predicted molar refractivity (Wildman–Crippen MR) is 144 cm³/mol. The van der Waals surface area contributed by atoms with Crippen LogP contribution < -0.4 is 5.32 Å². The van der Waals surface area contributed by atoms with Gasteiger partial charge in [0.15, 0.2) is 5.17 Å². The van der Waals surface area contributed by atoms with Crippen molar-refractivity contribution in [3.05, 3.63) is 93.7 Å². The quantitative estimate of drug-likeness (QED) is 0.497. The van der Waals surface area contributed by atoms with E-state index in [1.807, 2.05) is 78.8 Å². The number of allylic oxidation sites excluding steroid dienone is 1. The number of amides is 1. The SMILES string of the molecule is CC1=C(C(=O)OCc2ccccc2)[C@H](c2ccccc2C)N2C(CC(=O)NC[C@H]3CCCO3)=CSC2=N1. The first-order valence-corrected chi connectivity index (χ1v) is 13.5. The van der Waals surface area contributed by atoms with E-state index < -0.39 is 12.0 Å². The normalized spacial score (nSPS) is 20.9. The summed E-state index contributed by atoms with van der Waals surface area (Å²) in [7, 11) is 0. The summed E-state index contributed by atoms with van der Waals surface area (Å²) in [6, 6.07) is 17.2. The first kappa shape index (κ1) is 25.3. The molecule has 2 atom stereocenters. The molecular weight excluding hydrogens is 486 g/mol. The van der Waals surface area contributed by atoms with E-state index in [1.165, 1.54) is 11.8 Å². The Labute approximate surface area is 221 Å². The molecule has 0 aromatic heterocycles.